The van der Waals surface area contributed by atoms with E-state index >= 15 is 0 Å². The maximum Gasteiger partial charge on any atom is 0.332 e. The number of nitrogens with one attached hydrogen (secondary N) is 1. The van der Waals surface area contributed by atoms with Crippen molar-refractivity contribution in [2.45, 2.75) is 26.6 Å². The Morgan fingerprint density at radius 3 is 2.47 bits per heavy atom. The molecule has 0 aliphatic heterocycles. The molecule has 0 unspecified atom stereocenters. The molecule has 0 aliphatic rings. The topological polar surface area (TPSA) is 177 Å². The second-order valence-corrected chi connectivity index (χ2v) is 12.7. The minimum absolute atomic E-state index is 0.0201. The summed E-state index contributed by atoms with van der Waals surface area (Å²) in [7, 11) is 5.73. The third-order valence-electron chi connectivity index (χ3n) is 7.90. The van der Waals surface area contributed by atoms with Gasteiger partial charge in [0, 0.05) is 47.0 Å². The fourth-order valence-corrected chi connectivity index (χ4v) is 6.22. The summed E-state index contributed by atoms with van der Waals surface area (Å²) in [5.74, 6) is -0.147. The number of benzene rings is 2. The van der Waals surface area contributed by atoms with Crippen LogP contribution in [0.15, 0.2) is 60.4 Å². The first-order chi connectivity index (χ1) is 24.3. The van der Waals surface area contributed by atoms with Crippen LogP contribution in [0.3, 0.4) is 0 Å². The van der Waals surface area contributed by atoms with E-state index in [1.165, 1.54) is 48.2 Å². The number of imidazole rings is 1. The van der Waals surface area contributed by atoms with Gasteiger partial charge in [-0.25, -0.2) is 10.2 Å². The van der Waals surface area contributed by atoms with Crippen molar-refractivity contribution in [1.82, 2.24) is 28.7 Å². The molecule has 3 heterocycles. The molecule has 5 aromatic rings. The van der Waals surface area contributed by atoms with Gasteiger partial charge in [-0.3, -0.25) is 28.1 Å². The number of nitrogens with zero attached hydrogens (tertiary/aromatic N) is 7. The van der Waals surface area contributed by atoms with Crippen LogP contribution in [0.2, 0.25) is 10.0 Å². The van der Waals surface area contributed by atoms with E-state index in [9.17, 15) is 24.4 Å². The summed E-state index contributed by atoms with van der Waals surface area (Å²) >= 11 is 16.0. The Morgan fingerprint density at radius 1 is 1.06 bits per heavy atom. The maximum absolute atomic E-state index is 13.3. The van der Waals surface area contributed by atoms with Crippen molar-refractivity contribution in [3.05, 3.63) is 110 Å². The van der Waals surface area contributed by atoms with Crippen LogP contribution in [0.4, 0.5) is 0 Å². The highest BCUT2D eigenvalue weighted by Crippen LogP contribution is 2.34. The maximum atomic E-state index is 13.3. The first-order valence-electron chi connectivity index (χ1n) is 14.9. The molecule has 0 saturated heterocycles. The highest BCUT2D eigenvalue weighted by molar-refractivity contribution is 9.10. The zero-order valence-electron chi connectivity index (χ0n) is 27.8. The van der Waals surface area contributed by atoms with E-state index < -0.39 is 29.3 Å². The van der Waals surface area contributed by atoms with Crippen molar-refractivity contribution in [2.24, 2.45) is 19.2 Å². The summed E-state index contributed by atoms with van der Waals surface area (Å²) < 4.78 is 22.2. The Hall–Kier alpha value is -5.21. The quantitative estimate of drug-likeness (QED) is 0.153. The lowest BCUT2D eigenvalue weighted by atomic mass is 10.1. The number of hydrogen-bond acceptors (Lipinski definition) is 10. The second kappa shape index (κ2) is 15.4. The van der Waals surface area contributed by atoms with Crippen LogP contribution < -0.4 is 31.7 Å². The summed E-state index contributed by atoms with van der Waals surface area (Å²) in [6.07, 6.45) is 1.36. The zero-order valence-corrected chi connectivity index (χ0v) is 30.9. The number of aromatic nitrogens is 5. The van der Waals surface area contributed by atoms with E-state index in [0.29, 0.717) is 36.9 Å². The van der Waals surface area contributed by atoms with E-state index in [4.69, 9.17) is 37.4 Å². The molecule has 0 radical (unpaired) electrons. The standard InChI is InChI=1S/C33H29BrCl2N8O7/c1-17-27(34)22(16-49-4)21(12-37)30(46)43(17)15-26(45)40-38-13-18-6-9-24(25(10-18)50-5)51-32-39-29-28(31(47)42(3)33(48)41(29)2)44(32)14-19-7-8-20(35)11-23(19)36/h6-11,13H,14-16H2,1-5H3,(H,40,45)/b38-13+. The van der Waals surface area contributed by atoms with Crippen molar-refractivity contribution in [1.29, 1.82) is 5.26 Å². The minimum Gasteiger partial charge on any atom is -0.493 e. The van der Waals surface area contributed by atoms with Crippen LogP contribution in [-0.2, 0) is 43.3 Å². The molecule has 5 rings (SSSR count). The van der Waals surface area contributed by atoms with Crippen LogP contribution >= 0.6 is 39.1 Å². The SMILES string of the molecule is COCc1c(Br)c(C)n(CC(=O)N/N=C/c2ccc(Oc3nc4c(c(=O)n(C)c(=O)n4C)n3Cc3ccc(Cl)cc3Cl)c(OC)c2)c(=O)c1C#N. The Kier molecular flexibility index (Phi) is 11.2. The van der Waals surface area contributed by atoms with Gasteiger partial charge in [0.2, 0.25) is 0 Å². The van der Waals surface area contributed by atoms with Gasteiger partial charge in [0.15, 0.2) is 22.7 Å². The van der Waals surface area contributed by atoms with Gasteiger partial charge in [-0.15, -0.1) is 0 Å². The number of ether oxygens (including phenoxy) is 3. The molecule has 0 fully saturated rings. The molecule has 0 saturated carbocycles. The fourth-order valence-electron chi connectivity index (χ4n) is 5.22. The first-order valence-corrected chi connectivity index (χ1v) is 16.4. The lowest BCUT2D eigenvalue weighted by Gasteiger charge is -2.15. The number of halogens is 3. The van der Waals surface area contributed by atoms with Crippen molar-refractivity contribution in [3.63, 3.8) is 0 Å². The van der Waals surface area contributed by atoms with E-state index in [1.54, 1.807) is 43.3 Å². The van der Waals surface area contributed by atoms with Crippen molar-refractivity contribution in [3.8, 4) is 23.6 Å². The Balaban J connectivity index is 1.41. The van der Waals surface area contributed by atoms with Gasteiger partial charge in [0.1, 0.15) is 18.2 Å². The first kappa shape index (κ1) is 37.1. The van der Waals surface area contributed by atoms with Crippen LogP contribution in [0.25, 0.3) is 11.2 Å². The van der Waals surface area contributed by atoms with E-state index in [0.717, 1.165) is 4.57 Å². The van der Waals surface area contributed by atoms with E-state index in [1.807, 2.05) is 6.07 Å². The van der Waals surface area contributed by atoms with E-state index in [-0.39, 0.29) is 47.4 Å². The highest BCUT2D eigenvalue weighted by atomic mass is 79.9. The summed E-state index contributed by atoms with van der Waals surface area (Å²) in [6, 6.07) is 11.6. The Labute approximate surface area is 307 Å². The molecule has 18 heteroatoms. The summed E-state index contributed by atoms with van der Waals surface area (Å²) in [6.45, 7) is 1.35. The van der Waals surface area contributed by atoms with Crippen LogP contribution in [-0.4, -0.2) is 49.6 Å². The number of aryl methyl sites for hydroxylation is 1. The van der Waals surface area contributed by atoms with E-state index in [2.05, 4.69) is 31.4 Å². The Morgan fingerprint density at radius 2 is 1.80 bits per heavy atom. The number of methoxy groups -OCH3 is 2. The molecule has 2 aromatic carbocycles. The lowest BCUT2D eigenvalue weighted by molar-refractivity contribution is -0.121. The predicted octanol–water partition coefficient (Wildman–Crippen LogP) is 3.99. The number of hydrazone groups is 1. The average molecular weight is 800 g/mol. The largest absolute Gasteiger partial charge is 0.493 e. The number of hydrogen-bond donors (Lipinski definition) is 1. The van der Waals surface area contributed by atoms with Crippen LogP contribution in [0, 0.1) is 18.3 Å². The number of amides is 1. The normalized spacial score (nSPS) is 11.3. The van der Waals surface area contributed by atoms with Gasteiger partial charge in [0.25, 0.3) is 17.0 Å². The number of carbonyl (C=O) groups is 1. The predicted molar refractivity (Wildman–Crippen MR) is 193 cm³/mol. The van der Waals surface area contributed by atoms with Crippen LogP contribution in [0.1, 0.15) is 27.9 Å². The average Bonchev–Trinajstić information content (AvgIpc) is 3.46. The number of carbonyl (C=O) groups excluding carboxylic acids is 1. The molecule has 1 N–H and O–H groups in total. The molecule has 3 aromatic heterocycles. The number of pyridine rings is 1. The molecule has 15 nitrogen and oxygen atoms in total. The van der Waals surface area contributed by atoms with Gasteiger partial charge in [-0.05, 0) is 64.3 Å². The minimum atomic E-state index is -0.628. The molecule has 1 amide bonds. The molecule has 0 bridgehead atoms. The van der Waals surface area contributed by atoms with Gasteiger partial charge in [-0.2, -0.15) is 15.3 Å². The van der Waals surface area contributed by atoms with Crippen molar-refractivity contribution in [2.75, 3.05) is 14.2 Å². The fraction of sp³-hybridized carbons (Fsp3) is 0.242. The van der Waals surface area contributed by atoms with Crippen LogP contribution in [0.5, 0.6) is 17.5 Å². The third-order valence-corrected chi connectivity index (χ3v) is 9.54. The molecule has 0 atom stereocenters. The highest BCUT2D eigenvalue weighted by Gasteiger charge is 2.23. The van der Waals surface area contributed by atoms with Gasteiger partial charge >= 0.3 is 11.7 Å². The second-order valence-electron chi connectivity index (χ2n) is 11.1. The number of fused-ring (bicyclic) bond motifs is 1. The third kappa shape index (κ3) is 7.33. The van der Waals surface area contributed by atoms with Gasteiger partial charge in [0.05, 0.1) is 26.5 Å². The Bertz CT molecular complexity index is 2460. The smallest absolute Gasteiger partial charge is 0.332 e. The summed E-state index contributed by atoms with van der Waals surface area (Å²) in [5, 5.41) is 14.3. The molecule has 0 aliphatic carbocycles. The number of nitriles is 1. The number of rotatable bonds is 11. The lowest BCUT2D eigenvalue weighted by Crippen LogP contribution is -2.37. The van der Waals surface area contributed by atoms with Gasteiger partial charge < -0.3 is 18.8 Å². The molecule has 0 spiro atoms. The summed E-state index contributed by atoms with van der Waals surface area (Å²) in [4.78, 5) is 56.2. The molecule has 51 heavy (non-hydrogen) atoms. The van der Waals surface area contributed by atoms with Gasteiger partial charge in [-0.1, -0.05) is 29.3 Å². The molecular formula is C33H29BrCl2N8O7. The monoisotopic (exact) mass is 798 g/mol. The summed E-state index contributed by atoms with van der Waals surface area (Å²) in [5.41, 5.74) is 2.64. The van der Waals surface area contributed by atoms with Crippen molar-refractivity contribution >= 4 is 62.4 Å². The zero-order chi connectivity index (χ0) is 37.1. The molecular weight excluding hydrogens is 771 g/mol. The van der Waals surface area contributed by atoms with Crippen molar-refractivity contribution < 1.29 is 19.0 Å². The molecule has 264 valence electrons.